The molecule has 0 unspecified atom stereocenters. The molecule has 0 aromatic heterocycles. The molecule has 3 rings (SSSR count). The second-order valence-electron chi connectivity index (χ2n) is 12.2. The first-order chi connectivity index (χ1) is 23.8. The van der Waals surface area contributed by atoms with Gasteiger partial charge in [-0.2, -0.15) is 0 Å². The number of hydrogen-bond acceptors (Lipinski definition) is 18. The summed E-state index contributed by atoms with van der Waals surface area (Å²) in [5.41, 5.74) is 0. The summed E-state index contributed by atoms with van der Waals surface area (Å²) in [6.07, 6.45) is -22.5. The molecule has 0 spiro atoms. The van der Waals surface area contributed by atoms with E-state index in [1.165, 1.54) is 0 Å². The third-order valence-electron chi connectivity index (χ3n) is 8.46. The van der Waals surface area contributed by atoms with Gasteiger partial charge in [0.15, 0.2) is 18.9 Å². The molecule has 50 heavy (non-hydrogen) atoms. The highest BCUT2D eigenvalue weighted by Crippen LogP contribution is 2.31. The summed E-state index contributed by atoms with van der Waals surface area (Å²) in [6, 6.07) is -0.507. The molecule has 21 nitrogen and oxygen atoms in total. The Morgan fingerprint density at radius 2 is 1.16 bits per heavy atom. The highest BCUT2D eigenvalue weighted by molar-refractivity contribution is 5.75. The fraction of sp³-hybridized carbons (Fsp3) is 0.931. The number of unbranched alkanes of at least 4 members (excludes halogenated alkanes) is 2. The van der Waals surface area contributed by atoms with Crippen molar-refractivity contribution in [3.05, 3.63) is 0 Å². The van der Waals surface area contributed by atoms with Crippen LogP contribution < -0.4 is 16.0 Å². The van der Waals surface area contributed by atoms with Gasteiger partial charge in [0.25, 0.3) is 0 Å². The SMILES string of the molecule is CCNC(=O)CCCCCNC(=O)NCCO[C@@H]1O[C@H](CO[C@H]2O[C@H](CO)[C@@H](O)[C@H](O)[C@@H]2O)[C@@H](O)[C@H](O[C@H]2O[C@H](CO)[C@@H](O)[C@H](O)[C@@H]2O)[C@@H]1O. The predicted octanol–water partition coefficient (Wildman–Crippen LogP) is -6.55. The third kappa shape index (κ3) is 11.6. The number of carbonyl (C=O) groups excluding carboxylic acids is 2. The number of amides is 3. The van der Waals surface area contributed by atoms with Crippen molar-refractivity contribution in [2.45, 2.75) is 125 Å². The number of urea groups is 1. The average Bonchev–Trinajstić information content (AvgIpc) is 3.10. The molecule has 0 saturated carbocycles. The summed E-state index contributed by atoms with van der Waals surface area (Å²) in [5, 5.41) is 110. The molecule has 0 aromatic rings. The summed E-state index contributed by atoms with van der Waals surface area (Å²) < 4.78 is 33.1. The van der Waals surface area contributed by atoms with Crippen LogP contribution in [0.4, 0.5) is 4.79 Å². The summed E-state index contributed by atoms with van der Waals surface area (Å²) in [4.78, 5) is 23.7. The Labute approximate surface area is 288 Å². The fourth-order valence-electron chi connectivity index (χ4n) is 5.54. The molecule has 3 heterocycles. The second kappa shape index (κ2) is 21.0. The maximum Gasteiger partial charge on any atom is 0.314 e. The van der Waals surface area contributed by atoms with E-state index in [-0.39, 0.29) is 19.1 Å². The van der Waals surface area contributed by atoms with Crippen LogP contribution in [0.5, 0.6) is 0 Å². The molecule has 3 aliphatic rings. The van der Waals surface area contributed by atoms with Crippen LogP contribution in [0.3, 0.4) is 0 Å². The Hall–Kier alpha value is -1.90. The maximum atomic E-state index is 12.2. The molecule has 0 aromatic carbocycles. The average molecular weight is 732 g/mol. The first-order valence-corrected chi connectivity index (χ1v) is 16.6. The second-order valence-corrected chi connectivity index (χ2v) is 12.2. The molecular weight excluding hydrogens is 678 g/mol. The quantitative estimate of drug-likeness (QED) is 0.0583. The molecule has 15 atom stereocenters. The Balaban J connectivity index is 1.58. The summed E-state index contributed by atoms with van der Waals surface area (Å²) in [7, 11) is 0. The molecule has 3 aliphatic heterocycles. The van der Waals surface area contributed by atoms with E-state index >= 15 is 0 Å². The van der Waals surface area contributed by atoms with Gasteiger partial charge in [-0.15, -0.1) is 0 Å². The van der Waals surface area contributed by atoms with Gasteiger partial charge in [0, 0.05) is 26.1 Å². The largest absolute Gasteiger partial charge is 0.394 e. The normalized spacial score (nSPS) is 39.1. The van der Waals surface area contributed by atoms with Crippen molar-refractivity contribution >= 4 is 11.9 Å². The number of aliphatic hydroxyl groups is 10. The standard InChI is InChI=1S/C29H53N3O18/c1-2-30-16(35)6-4-3-5-7-31-29(44)32-8-9-45-27-24(43)25(50-28-23(42)21(40)18(37)14(11-34)48-28)19(38)15(49-27)12-46-26-22(41)20(39)17(36)13(10-33)47-26/h13-15,17-28,33-34,36-43H,2-12H2,1H3,(H,30,35)(H2,31,32,44)/t13-,14-,15-,17-,18-,19-,20+,21+,22+,23+,24+,25+,26+,27-,28-/m1/s1. The molecule has 21 heteroatoms. The monoisotopic (exact) mass is 731 g/mol. The van der Waals surface area contributed by atoms with Crippen molar-refractivity contribution in [1.29, 1.82) is 0 Å². The van der Waals surface area contributed by atoms with Crippen LogP contribution in [0.2, 0.25) is 0 Å². The van der Waals surface area contributed by atoms with Crippen LogP contribution in [0, 0.1) is 0 Å². The van der Waals surface area contributed by atoms with Crippen LogP contribution in [-0.2, 0) is 33.2 Å². The zero-order valence-corrected chi connectivity index (χ0v) is 27.7. The minimum atomic E-state index is -1.89. The van der Waals surface area contributed by atoms with Gasteiger partial charge in [-0.3, -0.25) is 4.79 Å². The van der Waals surface area contributed by atoms with Gasteiger partial charge in [-0.1, -0.05) is 6.42 Å². The minimum absolute atomic E-state index is 0.0285. The molecule has 0 bridgehead atoms. The van der Waals surface area contributed by atoms with E-state index in [0.29, 0.717) is 32.4 Å². The zero-order valence-electron chi connectivity index (χ0n) is 27.7. The van der Waals surface area contributed by atoms with Crippen molar-refractivity contribution < 1.29 is 89.1 Å². The fourth-order valence-corrected chi connectivity index (χ4v) is 5.54. The van der Waals surface area contributed by atoms with E-state index in [2.05, 4.69) is 16.0 Å². The van der Waals surface area contributed by atoms with Crippen LogP contribution in [0.25, 0.3) is 0 Å². The van der Waals surface area contributed by atoms with E-state index < -0.39 is 118 Å². The summed E-state index contributed by atoms with van der Waals surface area (Å²) in [6.45, 7) is 0.343. The molecule has 0 radical (unpaired) electrons. The van der Waals surface area contributed by atoms with Gasteiger partial charge >= 0.3 is 6.03 Å². The number of rotatable bonds is 18. The molecule has 0 aliphatic carbocycles. The van der Waals surface area contributed by atoms with Gasteiger partial charge in [0.1, 0.15) is 73.2 Å². The Morgan fingerprint density at radius 1 is 0.600 bits per heavy atom. The van der Waals surface area contributed by atoms with Crippen LogP contribution in [-0.4, -0.2) is 201 Å². The molecule has 13 N–H and O–H groups in total. The minimum Gasteiger partial charge on any atom is -0.394 e. The van der Waals surface area contributed by atoms with Gasteiger partial charge in [-0.25, -0.2) is 4.79 Å². The molecule has 3 amide bonds. The molecular formula is C29H53N3O18. The van der Waals surface area contributed by atoms with E-state index in [0.717, 1.165) is 6.42 Å². The number of hydrogen-bond donors (Lipinski definition) is 13. The molecule has 292 valence electrons. The van der Waals surface area contributed by atoms with Gasteiger partial charge in [0.05, 0.1) is 26.4 Å². The van der Waals surface area contributed by atoms with Crippen molar-refractivity contribution in [2.24, 2.45) is 0 Å². The number of nitrogens with one attached hydrogen (secondary N) is 3. The van der Waals surface area contributed by atoms with Gasteiger partial charge < -0.3 is 95.4 Å². The van der Waals surface area contributed by atoms with Gasteiger partial charge in [-0.05, 0) is 19.8 Å². The molecule has 3 saturated heterocycles. The lowest BCUT2D eigenvalue weighted by molar-refractivity contribution is -0.365. The Kier molecular flexibility index (Phi) is 17.8. The van der Waals surface area contributed by atoms with Crippen molar-refractivity contribution in [2.75, 3.05) is 46.1 Å². The highest BCUT2D eigenvalue weighted by atomic mass is 16.7. The van der Waals surface area contributed by atoms with Crippen molar-refractivity contribution in [3.63, 3.8) is 0 Å². The van der Waals surface area contributed by atoms with Crippen LogP contribution in [0.15, 0.2) is 0 Å². The number of aliphatic hydroxyl groups excluding tert-OH is 10. The first-order valence-electron chi connectivity index (χ1n) is 16.6. The van der Waals surface area contributed by atoms with Crippen molar-refractivity contribution in [1.82, 2.24) is 16.0 Å². The van der Waals surface area contributed by atoms with Crippen LogP contribution in [0.1, 0.15) is 32.6 Å². The molecule has 3 fully saturated rings. The van der Waals surface area contributed by atoms with E-state index in [4.69, 9.17) is 28.4 Å². The topological polar surface area (TPSA) is 328 Å². The van der Waals surface area contributed by atoms with E-state index in [1.807, 2.05) is 6.92 Å². The summed E-state index contributed by atoms with van der Waals surface area (Å²) in [5.74, 6) is -0.0285. The predicted molar refractivity (Wildman–Crippen MR) is 164 cm³/mol. The Bertz CT molecular complexity index is 1010. The first kappa shape index (κ1) is 42.5. The van der Waals surface area contributed by atoms with Crippen LogP contribution >= 0.6 is 0 Å². The Morgan fingerprint density at radius 3 is 1.78 bits per heavy atom. The lowest BCUT2D eigenvalue weighted by Crippen LogP contribution is -2.65. The van der Waals surface area contributed by atoms with E-state index in [9.17, 15) is 60.7 Å². The number of carbonyl (C=O) groups is 2. The lowest BCUT2D eigenvalue weighted by Gasteiger charge is -2.46. The van der Waals surface area contributed by atoms with Gasteiger partial charge in [0.2, 0.25) is 5.91 Å². The van der Waals surface area contributed by atoms with E-state index in [1.54, 1.807) is 0 Å². The lowest BCUT2D eigenvalue weighted by atomic mass is 9.96. The zero-order chi connectivity index (χ0) is 37.0. The highest BCUT2D eigenvalue weighted by Gasteiger charge is 2.52. The van der Waals surface area contributed by atoms with Crippen molar-refractivity contribution in [3.8, 4) is 0 Å². The third-order valence-corrected chi connectivity index (χ3v) is 8.46. The maximum absolute atomic E-state index is 12.2. The summed E-state index contributed by atoms with van der Waals surface area (Å²) >= 11 is 0. The smallest absolute Gasteiger partial charge is 0.314 e. The number of ether oxygens (including phenoxy) is 6.